The van der Waals surface area contributed by atoms with E-state index in [1.807, 2.05) is 6.92 Å². The molecule has 0 aliphatic carbocycles. The lowest BCUT2D eigenvalue weighted by Crippen LogP contribution is -2.15. The summed E-state index contributed by atoms with van der Waals surface area (Å²) in [5.74, 6) is 0. The average molecular weight is 441 g/mol. The minimum Gasteiger partial charge on any atom is -0.358 e. The van der Waals surface area contributed by atoms with E-state index >= 15 is 0 Å². The lowest BCUT2D eigenvalue weighted by Gasteiger charge is -2.09. The fourth-order valence-electron chi connectivity index (χ4n) is 3.06. The second kappa shape index (κ2) is 7.01. The molecular weight excluding hydrogens is 426 g/mol. The first-order chi connectivity index (χ1) is 14.2. The first-order valence-electron chi connectivity index (χ1n) is 8.63. The predicted octanol–water partition coefficient (Wildman–Crippen LogP) is 2.58. The van der Waals surface area contributed by atoms with Crippen LogP contribution in [0.4, 0.5) is 5.69 Å². The topological polar surface area (TPSA) is 138 Å². The molecule has 0 atom stereocenters. The molecule has 0 unspecified atom stereocenters. The fourth-order valence-corrected chi connectivity index (χ4v) is 5.27. The van der Waals surface area contributed by atoms with Crippen LogP contribution < -0.4 is 4.72 Å². The average Bonchev–Trinajstić information content (AvgIpc) is 3.39. The van der Waals surface area contributed by atoms with Crippen molar-refractivity contribution in [1.29, 1.82) is 5.26 Å². The van der Waals surface area contributed by atoms with Crippen LogP contribution in [0.1, 0.15) is 11.1 Å². The van der Waals surface area contributed by atoms with Gasteiger partial charge in [-0.3, -0.25) is 4.72 Å². The largest absolute Gasteiger partial charge is 0.358 e. The minimum absolute atomic E-state index is 0.0133. The number of benzene rings is 2. The fraction of sp³-hybridized carbons (Fsp3) is 0.0526. The zero-order valence-corrected chi connectivity index (χ0v) is 17.2. The molecule has 0 bridgehead atoms. The smallest absolute Gasteiger partial charge is 0.282 e. The van der Waals surface area contributed by atoms with E-state index in [9.17, 15) is 22.1 Å². The Morgan fingerprint density at radius 3 is 2.50 bits per heavy atom. The Hall–Kier alpha value is -3.62. The number of sulfonamides is 1. The highest BCUT2D eigenvalue weighted by atomic mass is 32.2. The van der Waals surface area contributed by atoms with Crippen LogP contribution >= 0.6 is 0 Å². The van der Waals surface area contributed by atoms with Crippen molar-refractivity contribution in [1.82, 2.24) is 14.2 Å². The number of hydrogen-bond acceptors (Lipinski definition) is 6. The Balaban J connectivity index is 1.72. The van der Waals surface area contributed by atoms with Gasteiger partial charge in [0, 0.05) is 11.6 Å². The van der Waals surface area contributed by atoms with Gasteiger partial charge < -0.3 is 4.98 Å². The zero-order valence-electron chi connectivity index (χ0n) is 15.6. The summed E-state index contributed by atoms with van der Waals surface area (Å²) < 4.78 is 54.0. The highest BCUT2D eigenvalue weighted by molar-refractivity contribution is 7.93. The van der Waals surface area contributed by atoms with Gasteiger partial charge in [-0.1, -0.05) is 24.3 Å². The molecule has 0 aliphatic heterocycles. The Labute approximate surface area is 172 Å². The maximum atomic E-state index is 12.8. The van der Waals surface area contributed by atoms with Gasteiger partial charge in [0.1, 0.15) is 11.0 Å². The molecule has 2 aromatic carbocycles. The van der Waals surface area contributed by atoms with E-state index in [2.05, 4.69) is 20.9 Å². The number of nitrogens with zero attached hydrogens (tertiary/aromatic N) is 3. The monoisotopic (exact) mass is 441 g/mol. The van der Waals surface area contributed by atoms with Crippen LogP contribution in [0.2, 0.25) is 0 Å². The minimum atomic E-state index is -4.14. The van der Waals surface area contributed by atoms with Gasteiger partial charge in [-0.05, 0) is 30.7 Å². The van der Waals surface area contributed by atoms with E-state index in [1.165, 1.54) is 18.3 Å². The third-order valence-electron chi connectivity index (χ3n) is 4.54. The molecule has 0 spiro atoms. The van der Waals surface area contributed by atoms with Crippen molar-refractivity contribution in [3.05, 3.63) is 72.2 Å². The van der Waals surface area contributed by atoms with Gasteiger partial charge >= 0.3 is 0 Å². The molecule has 4 aromatic rings. The number of aryl methyl sites for hydroxylation is 1. The molecule has 152 valence electrons. The van der Waals surface area contributed by atoms with Crippen molar-refractivity contribution in [3.63, 3.8) is 0 Å². The van der Waals surface area contributed by atoms with Crippen molar-refractivity contribution in [2.45, 2.75) is 16.7 Å². The van der Waals surface area contributed by atoms with E-state index in [0.717, 1.165) is 18.0 Å². The van der Waals surface area contributed by atoms with Crippen molar-refractivity contribution >= 4 is 36.6 Å². The Morgan fingerprint density at radius 2 is 1.80 bits per heavy atom. The van der Waals surface area contributed by atoms with Crippen molar-refractivity contribution in [2.75, 3.05) is 4.72 Å². The van der Waals surface area contributed by atoms with Gasteiger partial charge in [-0.2, -0.15) is 22.9 Å². The standard InChI is InChI=1S/C19H15N5O4S2/c1-13-7-8-17(19-18(13)14(9-20)10-21-19)23-29(25,26)16-11-22-24(12-16)30(27,28)15-5-3-2-4-6-15/h2-8,10-12,21,23H,1H3. The van der Waals surface area contributed by atoms with Gasteiger partial charge in [-0.25, -0.2) is 8.42 Å². The Morgan fingerprint density at radius 1 is 1.07 bits per heavy atom. The zero-order chi connectivity index (χ0) is 21.5. The van der Waals surface area contributed by atoms with Crippen molar-refractivity contribution in [3.8, 4) is 6.07 Å². The number of nitriles is 1. The Bertz CT molecular complexity index is 1510. The summed E-state index contributed by atoms with van der Waals surface area (Å²) in [6, 6.07) is 12.9. The predicted molar refractivity (Wildman–Crippen MR) is 110 cm³/mol. The molecule has 30 heavy (non-hydrogen) atoms. The molecule has 4 rings (SSSR count). The van der Waals surface area contributed by atoms with E-state index in [1.54, 1.807) is 30.3 Å². The SMILES string of the molecule is Cc1ccc(NS(=O)(=O)c2cnn(S(=O)(=O)c3ccccc3)c2)c2[nH]cc(C#N)c12. The molecule has 2 heterocycles. The van der Waals surface area contributed by atoms with Gasteiger partial charge in [0.05, 0.1) is 34.1 Å². The van der Waals surface area contributed by atoms with Gasteiger partial charge in [0.25, 0.3) is 20.0 Å². The molecule has 0 radical (unpaired) electrons. The van der Waals surface area contributed by atoms with E-state index < -0.39 is 20.0 Å². The maximum absolute atomic E-state index is 12.8. The first-order valence-corrected chi connectivity index (χ1v) is 11.6. The summed E-state index contributed by atoms with van der Waals surface area (Å²) in [6.07, 6.45) is 3.40. The molecule has 0 amide bonds. The lowest BCUT2D eigenvalue weighted by molar-refractivity contribution is 0.580. The Kier molecular flexibility index (Phi) is 4.60. The summed E-state index contributed by atoms with van der Waals surface area (Å²) >= 11 is 0. The van der Waals surface area contributed by atoms with Crippen LogP contribution in [0.25, 0.3) is 10.9 Å². The summed E-state index contributed by atoms with van der Waals surface area (Å²) in [5, 5.41) is 13.6. The molecule has 11 heteroatoms. The second-order valence-corrected chi connectivity index (χ2v) is 9.94. The van der Waals surface area contributed by atoms with E-state index in [-0.39, 0.29) is 15.5 Å². The van der Waals surface area contributed by atoms with Crippen LogP contribution in [0.3, 0.4) is 0 Å². The van der Waals surface area contributed by atoms with Crippen LogP contribution in [0, 0.1) is 18.3 Å². The number of H-pyrrole nitrogens is 1. The van der Waals surface area contributed by atoms with E-state index in [4.69, 9.17) is 0 Å². The van der Waals surface area contributed by atoms with Crippen LogP contribution in [0.15, 0.2) is 70.8 Å². The molecule has 0 saturated heterocycles. The highest BCUT2D eigenvalue weighted by Crippen LogP contribution is 2.30. The number of aromatic amines is 1. The van der Waals surface area contributed by atoms with Gasteiger partial charge in [0.15, 0.2) is 0 Å². The third-order valence-corrected chi connectivity index (χ3v) is 7.42. The molecule has 0 saturated carbocycles. The summed E-state index contributed by atoms with van der Waals surface area (Å²) in [7, 11) is -8.16. The van der Waals surface area contributed by atoms with Crippen LogP contribution in [-0.4, -0.2) is 31.0 Å². The quantitative estimate of drug-likeness (QED) is 0.488. The van der Waals surface area contributed by atoms with Crippen LogP contribution in [0.5, 0.6) is 0 Å². The van der Waals surface area contributed by atoms with Crippen molar-refractivity contribution < 1.29 is 16.8 Å². The summed E-state index contributed by atoms with van der Waals surface area (Å²) in [4.78, 5) is 2.58. The molecule has 0 aliphatic rings. The first kappa shape index (κ1) is 19.7. The van der Waals surface area contributed by atoms with Crippen molar-refractivity contribution in [2.24, 2.45) is 0 Å². The molecule has 0 fully saturated rings. The molecule has 2 N–H and O–H groups in total. The number of rotatable bonds is 5. The second-order valence-electron chi connectivity index (χ2n) is 6.47. The number of aromatic nitrogens is 3. The van der Waals surface area contributed by atoms with Gasteiger partial charge in [-0.15, -0.1) is 0 Å². The number of fused-ring (bicyclic) bond motifs is 1. The third kappa shape index (κ3) is 3.22. The number of anilines is 1. The highest BCUT2D eigenvalue weighted by Gasteiger charge is 2.24. The normalized spacial score (nSPS) is 12.0. The lowest BCUT2D eigenvalue weighted by atomic mass is 10.1. The maximum Gasteiger partial charge on any atom is 0.282 e. The molecule has 9 nitrogen and oxygen atoms in total. The number of nitrogens with one attached hydrogen (secondary N) is 2. The van der Waals surface area contributed by atoms with Crippen LogP contribution in [-0.2, 0) is 20.0 Å². The molecular formula is C19H15N5O4S2. The molecule has 2 aromatic heterocycles. The summed E-state index contributed by atoms with van der Waals surface area (Å²) in [5.41, 5.74) is 1.90. The summed E-state index contributed by atoms with van der Waals surface area (Å²) in [6.45, 7) is 1.81. The number of hydrogen-bond donors (Lipinski definition) is 2. The van der Waals surface area contributed by atoms with E-state index in [0.29, 0.717) is 20.6 Å². The van der Waals surface area contributed by atoms with Gasteiger partial charge in [0.2, 0.25) is 0 Å².